The van der Waals surface area contributed by atoms with E-state index in [1.54, 1.807) is 0 Å². The number of aliphatic hydroxyl groups excluding tert-OH is 1. The Kier molecular flexibility index (Phi) is 5.11. The second-order valence-electron chi connectivity index (χ2n) is 6.85. The Bertz CT molecular complexity index is 975. The van der Waals surface area contributed by atoms with Crippen LogP contribution >= 0.6 is 0 Å². The van der Waals surface area contributed by atoms with Gasteiger partial charge in [-0.15, -0.1) is 0 Å². The minimum atomic E-state index is -0.805. The van der Waals surface area contributed by atoms with Crippen molar-refractivity contribution in [2.45, 2.75) is 25.7 Å². The summed E-state index contributed by atoms with van der Waals surface area (Å²) >= 11 is 0. The number of rotatable bonds is 5. The van der Waals surface area contributed by atoms with Gasteiger partial charge in [-0.05, 0) is 23.8 Å². The molecule has 2 heterocycles. The minimum Gasteiger partial charge on any atom is -0.494 e. The van der Waals surface area contributed by atoms with Gasteiger partial charge < -0.3 is 9.84 Å². The number of hydrogen-bond acceptors (Lipinski definition) is 4. The molecule has 2 aromatic carbocycles. The molecule has 7 heteroatoms. The Labute approximate surface area is 161 Å². The van der Waals surface area contributed by atoms with E-state index in [2.05, 4.69) is 5.10 Å². The summed E-state index contributed by atoms with van der Waals surface area (Å²) in [7, 11) is 1.36. The van der Waals surface area contributed by atoms with E-state index in [9.17, 15) is 13.9 Å². The smallest absolute Gasteiger partial charge is 0.172 e. The molecule has 5 nitrogen and oxygen atoms in total. The number of halogens is 2. The maximum absolute atomic E-state index is 14.4. The first-order valence-corrected chi connectivity index (χ1v) is 9.09. The SMILES string of the molecule is COc1ccc(F)c(CN2CCn3nc([C@@H](O)c4ccccc4)cc3C2)c1F. The summed E-state index contributed by atoms with van der Waals surface area (Å²) < 4.78 is 35.4. The summed E-state index contributed by atoms with van der Waals surface area (Å²) in [5, 5.41) is 15.1. The minimum absolute atomic E-state index is 0.00291. The van der Waals surface area contributed by atoms with Crippen molar-refractivity contribution in [1.82, 2.24) is 14.7 Å². The van der Waals surface area contributed by atoms with Crippen LogP contribution in [-0.4, -0.2) is 33.4 Å². The van der Waals surface area contributed by atoms with Crippen molar-refractivity contribution >= 4 is 0 Å². The molecule has 3 aromatic rings. The van der Waals surface area contributed by atoms with Crippen LogP contribution in [0.5, 0.6) is 5.75 Å². The Morgan fingerprint density at radius 2 is 1.93 bits per heavy atom. The molecule has 28 heavy (non-hydrogen) atoms. The lowest BCUT2D eigenvalue weighted by Gasteiger charge is -2.27. The molecule has 146 valence electrons. The van der Waals surface area contributed by atoms with Gasteiger partial charge in [0.1, 0.15) is 11.9 Å². The van der Waals surface area contributed by atoms with Crippen LogP contribution in [-0.2, 0) is 19.6 Å². The second-order valence-corrected chi connectivity index (χ2v) is 6.85. The van der Waals surface area contributed by atoms with Crippen LogP contribution in [0.3, 0.4) is 0 Å². The van der Waals surface area contributed by atoms with Crippen LogP contribution in [0.15, 0.2) is 48.5 Å². The normalized spacial score (nSPS) is 15.3. The highest BCUT2D eigenvalue weighted by molar-refractivity contribution is 5.32. The number of aliphatic hydroxyl groups is 1. The summed E-state index contributed by atoms with van der Waals surface area (Å²) in [6.45, 7) is 1.82. The van der Waals surface area contributed by atoms with Gasteiger partial charge in [0.2, 0.25) is 0 Å². The maximum atomic E-state index is 14.4. The van der Waals surface area contributed by atoms with Crippen LogP contribution < -0.4 is 4.74 Å². The predicted octanol–water partition coefficient (Wildman–Crippen LogP) is 3.27. The zero-order valence-corrected chi connectivity index (χ0v) is 15.5. The van der Waals surface area contributed by atoms with E-state index in [0.717, 1.165) is 11.3 Å². The van der Waals surface area contributed by atoms with Gasteiger partial charge in [0.05, 0.1) is 25.0 Å². The van der Waals surface area contributed by atoms with Gasteiger partial charge in [-0.2, -0.15) is 5.10 Å². The molecular weight excluding hydrogens is 364 g/mol. The van der Waals surface area contributed by atoms with Gasteiger partial charge in [0.15, 0.2) is 11.6 Å². The third kappa shape index (κ3) is 3.50. The number of ether oxygens (including phenoxy) is 1. The highest BCUT2D eigenvalue weighted by atomic mass is 19.1. The average Bonchev–Trinajstić information content (AvgIpc) is 3.14. The molecule has 4 rings (SSSR count). The predicted molar refractivity (Wildman–Crippen MR) is 99.8 cm³/mol. The summed E-state index contributed by atoms with van der Waals surface area (Å²) in [6, 6.07) is 13.7. The molecule has 0 saturated heterocycles. The molecule has 0 spiro atoms. The Hall–Kier alpha value is -2.77. The monoisotopic (exact) mass is 385 g/mol. The first-order valence-electron chi connectivity index (χ1n) is 9.09. The molecule has 1 aromatic heterocycles. The van der Waals surface area contributed by atoms with Gasteiger partial charge in [-0.25, -0.2) is 8.78 Å². The molecule has 0 fully saturated rings. The van der Waals surface area contributed by atoms with Crippen molar-refractivity contribution in [3.05, 3.63) is 82.7 Å². The van der Waals surface area contributed by atoms with Crippen molar-refractivity contribution in [2.24, 2.45) is 0 Å². The van der Waals surface area contributed by atoms with E-state index in [1.165, 1.54) is 19.2 Å². The number of aromatic nitrogens is 2. The van der Waals surface area contributed by atoms with Crippen molar-refractivity contribution in [3.8, 4) is 5.75 Å². The number of nitrogens with zero attached hydrogens (tertiary/aromatic N) is 3. The molecule has 0 aliphatic carbocycles. The summed E-state index contributed by atoms with van der Waals surface area (Å²) in [6.07, 6.45) is -0.805. The van der Waals surface area contributed by atoms with Crippen molar-refractivity contribution in [1.29, 1.82) is 0 Å². The molecule has 0 bridgehead atoms. The third-order valence-electron chi connectivity index (χ3n) is 5.04. The first-order chi connectivity index (χ1) is 13.6. The molecule has 1 N–H and O–H groups in total. The number of methoxy groups -OCH3 is 1. The Morgan fingerprint density at radius 1 is 1.14 bits per heavy atom. The summed E-state index contributed by atoms with van der Waals surface area (Å²) in [5.41, 5.74) is 2.24. The quantitative estimate of drug-likeness (QED) is 0.733. The molecular formula is C21H21F2N3O2. The molecule has 1 aliphatic heterocycles. The van der Waals surface area contributed by atoms with Gasteiger partial charge >= 0.3 is 0 Å². The topological polar surface area (TPSA) is 50.5 Å². The summed E-state index contributed by atoms with van der Waals surface area (Å²) in [5.74, 6) is -1.22. The molecule has 1 aliphatic rings. The lowest BCUT2D eigenvalue weighted by Crippen LogP contribution is -2.34. The van der Waals surface area contributed by atoms with E-state index in [0.29, 0.717) is 25.3 Å². The van der Waals surface area contributed by atoms with Crippen LogP contribution in [0, 0.1) is 11.6 Å². The fourth-order valence-electron chi connectivity index (χ4n) is 3.52. The average molecular weight is 385 g/mol. The Morgan fingerprint density at radius 3 is 2.68 bits per heavy atom. The van der Waals surface area contributed by atoms with E-state index in [4.69, 9.17) is 4.74 Å². The number of benzene rings is 2. The van der Waals surface area contributed by atoms with Crippen LogP contribution in [0.1, 0.15) is 28.6 Å². The standard InChI is InChI=1S/C21H21F2N3O2/c1-28-19-8-7-17(22)16(20(19)23)13-25-9-10-26-15(12-25)11-18(24-26)21(27)14-5-3-2-4-6-14/h2-8,11,21,27H,9-10,12-13H2,1H3/t21-/m0/s1. The Balaban J connectivity index is 1.53. The fourth-order valence-corrected chi connectivity index (χ4v) is 3.52. The number of fused-ring (bicyclic) bond motifs is 1. The second kappa shape index (κ2) is 7.69. The highest BCUT2D eigenvalue weighted by Gasteiger charge is 2.24. The van der Waals surface area contributed by atoms with Gasteiger partial charge in [-0.1, -0.05) is 30.3 Å². The van der Waals surface area contributed by atoms with Crippen molar-refractivity contribution in [2.75, 3.05) is 13.7 Å². The molecule has 0 amide bonds. The molecule has 0 unspecified atom stereocenters. The molecule has 0 saturated carbocycles. The van der Waals surface area contributed by atoms with Crippen LogP contribution in [0.2, 0.25) is 0 Å². The van der Waals surface area contributed by atoms with E-state index in [-0.39, 0.29) is 17.9 Å². The lowest BCUT2D eigenvalue weighted by atomic mass is 10.1. The zero-order chi connectivity index (χ0) is 19.7. The van der Waals surface area contributed by atoms with Gasteiger partial charge in [0.25, 0.3) is 0 Å². The van der Waals surface area contributed by atoms with Gasteiger partial charge in [0, 0.05) is 25.2 Å². The molecule has 1 atom stereocenters. The van der Waals surface area contributed by atoms with E-state index >= 15 is 0 Å². The third-order valence-corrected chi connectivity index (χ3v) is 5.04. The first kappa shape index (κ1) is 18.6. The maximum Gasteiger partial charge on any atom is 0.172 e. The van der Waals surface area contributed by atoms with Crippen molar-refractivity contribution in [3.63, 3.8) is 0 Å². The number of hydrogen-bond donors (Lipinski definition) is 1. The fraction of sp³-hybridized carbons (Fsp3) is 0.286. The van der Waals surface area contributed by atoms with E-state index in [1.807, 2.05) is 46.0 Å². The van der Waals surface area contributed by atoms with Crippen LogP contribution in [0.25, 0.3) is 0 Å². The highest BCUT2D eigenvalue weighted by Crippen LogP contribution is 2.27. The van der Waals surface area contributed by atoms with Crippen molar-refractivity contribution < 1.29 is 18.6 Å². The van der Waals surface area contributed by atoms with E-state index < -0.39 is 17.7 Å². The van der Waals surface area contributed by atoms with Gasteiger partial charge in [-0.3, -0.25) is 9.58 Å². The largest absolute Gasteiger partial charge is 0.494 e. The summed E-state index contributed by atoms with van der Waals surface area (Å²) in [4.78, 5) is 1.95. The lowest BCUT2D eigenvalue weighted by molar-refractivity contribution is 0.196. The molecule has 0 radical (unpaired) electrons. The zero-order valence-electron chi connectivity index (χ0n) is 15.5. The van der Waals surface area contributed by atoms with Crippen LogP contribution in [0.4, 0.5) is 8.78 Å².